The van der Waals surface area contributed by atoms with E-state index in [9.17, 15) is 14.3 Å². The predicted octanol–water partition coefficient (Wildman–Crippen LogP) is 15.7. The summed E-state index contributed by atoms with van der Waals surface area (Å²) in [5.74, 6) is -0.343. The number of carbonyl (C=O) groups excluding carboxylic acids is 1. The molecule has 0 saturated carbocycles. The van der Waals surface area contributed by atoms with Gasteiger partial charge in [0.2, 0.25) is 0 Å². The highest BCUT2D eigenvalue weighted by molar-refractivity contribution is 7.45. The minimum Gasteiger partial charge on any atom is -0.756 e. The zero-order valence-electron chi connectivity index (χ0n) is 41.8. The molecule has 0 spiro atoms. The molecule has 0 amide bonds. The molecule has 0 bridgehead atoms. The molecule has 0 aliphatic carbocycles. The Hall–Kier alpha value is -1.02. The van der Waals surface area contributed by atoms with Crippen molar-refractivity contribution in [2.75, 3.05) is 54.1 Å². The number of hydrogen-bond acceptors (Lipinski definition) is 7. The Labute approximate surface area is 385 Å². The molecule has 0 aromatic carbocycles. The van der Waals surface area contributed by atoms with Crippen LogP contribution in [0.1, 0.15) is 251 Å². The van der Waals surface area contributed by atoms with E-state index in [0.717, 1.165) is 57.8 Å². The summed E-state index contributed by atoms with van der Waals surface area (Å²) in [7, 11) is 1.36. The fraction of sp³-hybridized carbons (Fsp3) is 0.906. The van der Waals surface area contributed by atoms with Crippen molar-refractivity contribution in [3.8, 4) is 0 Å². The van der Waals surface area contributed by atoms with Gasteiger partial charge in [-0.15, -0.1) is 0 Å². The zero-order valence-corrected chi connectivity index (χ0v) is 42.7. The van der Waals surface area contributed by atoms with Gasteiger partial charge in [0, 0.05) is 13.0 Å². The van der Waals surface area contributed by atoms with Crippen molar-refractivity contribution >= 4 is 13.8 Å². The fourth-order valence-electron chi connectivity index (χ4n) is 7.64. The van der Waals surface area contributed by atoms with E-state index in [4.69, 9.17) is 18.5 Å². The number of nitrogens with zero attached hydrogens (tertiary/aromatic N) is 1. The number of allylic oxidation sites excluding steroid dienone is 4. The second kappa shape index (κ2) is 46.5. The van der Waals surface area contributed by atoms with Gasteiger partial charge in [0.25, 0.3) is 7.82 Å². The van der Waals surface area contributed by atoms with Crippen LogP contribution in [0.3, 0.4) is 0 Å². The van der Waals surface area contributed by atoms with Crippen molar-refractivity contribution in [3.63, 3.8) is 0 Å². The van der Waals surface area contributed by atoms with Gasteiger partial charge in [0.1, 0.15) is 19.3 Å². The lowest BCUT2D eigenvalue weighted by Crippen LogP contribution is -2.37. The van der Waals surface area contributed by atoms with E-state index >= 15 is 0 Å². The minimum absolute atomic E-state index is 0.0255. The van der Waals surface area contributed by atoms with Crippen LogP contribution in [0.25, 0.3) is 0 Å². The molecule has 0 N–H and O–H groups in total. The molecule has 62 heavy (non-hydrogen) atoms. The fourth-order valence-corrected chi connectivity index (χ4v) is 8.37. The van der Waals surface area contributed by atoms with Crippen LogP contribution in [-0.2, 0) is 27.9 Å². The first-order valence-electron chi connectivity index (χ1n) is 26.6. The van der Waals surface area contributed by atoms with Crippen molar-refractivity contribution in [3.05, 3.63) is 24.3 Å². The van der Waals surface area contributed by atoms with Crippen LogP contribution in [-0.4, -0.2) is 70.7 Å². The lowest BCUT2D eigenvalue weighted by atomic mass is 10.0. The Balaban J connectivity index is 4.06. The summed E-state index contributed by atoms with van der Waals surface area (Å²) in [5, 5.41) is 0. The second-order valence-electron chi connectivity index (χ2n) is 19.2. The van der Waals surface area contributed by atoms with E-state index in [1.165, 1.54) is 173 Å². The molecular formula is C53H104NO7P. The van der Waals surface area contributed by atoms with E-state index < -0.39 is 13.9 Å². The minimum atomic E-state index is -4.53. The predicted molar refractivity (Wildman–Crippen MR) is 264 cm³/mol. The van der Waals surface area contributed by atoms with Gasteiger partial charge in [-0.1, -0.05) is 224 Å². The molecule has 0 fully saturated rings. The Bertz CT molecular complexity index is 1050. The van der Waals surface area contributed by atoms with Crippen LogP contribution in [0.4, 0.5) is 0 Å². The zero-order chi connectivity index (χ0) is 45.5. The molecule has 0 aromatic heterocycles. The van der Waals surface area contributed by atoms with Crippen LogP contribution in [0.2, 0.25) is 0 Å². The number of unbranched alkanes of at least 4 members (excludes halogenated alkanes) is 32. The summed E-state index contributed by atoms with van der Waals surface area (Å²) in [6.45, 7) is 5.43. The second-order valence-corrected chi connectivity index (χ2v) is 20.7. The first-order chi connectivity index (χ1) is 30.1. The molecular weight excluding hydrogens is 794 g/mol. The highest BCUT2D eigenvalue weighted by Gasteiger charge is 2.20. The Morgan fingerprint density at radius 2 is 0.887 bits per heavy atom. The van der Waals surface area contributed by atoms with Crippen molar-refractivity contribution in [1.29, 1.82) is 0 Å². The maximum Gasteiger partial charge on any atom is 0.306 e. The summed E-state index contributed by atoms with van der Waals surface area (Å²) in [6, 6.07) is 0. The third-order valence-corrected chi connectivity index (χ3v) is 12.7. The number of phosphoric acid groups is 1. The largest absolute Gasteiger partial charge is 0.756 e. The normalized spacial score (nSPS) is 13.7. The molecule has 2 unspecified atom stereocenters. The Morgan fingerprint density at radius 1 is 0.500 bits per heavy atom. The number of rotatable bonds is 50. The van der Waals surface area contributed by atoms with Crippen LogP contribution >= 0.6 is 7.82 Å². The van der Waals surface area contributed by atoms with Gasteiger partial charge in [-0.25, -0.2) is 0 Å². The number of esters is 1. The van der Waals surface area contributed by atoms with Gasteiger partial charge in [-0.2, -0.15) is 0 Å². The first kappa shape index (κ1) is 61.0. The molecule has 0 aromatic rings. The first-order valence-corrected chi connectivity index (χ1v) is 28.0. The summed E-state index contributed by atoms with van der Waals surface area (Å²) in [5.41, 5.74) is 0. The third-order valence-electron chi connectivity index (χ3n) is 11.8. The van der Waals surface area contributed by atoms with E-state index in [1.54, 1.807) is 0 Å². The quantitative estimate of drug-likeness (QED) is 0.0197. The van der Waals surface area contributed by atoms with Crippen LogP contribution in [0.5, 0.6) is 0 Å². The number of carbonyl (C=O) groups is 1. The lowest BCUT2D eigenvalue weighted by molar-refractivity contribution is -0.870. The van der Waals surface area contributed by atoms with Gasteiger partial charge in [-0.05, 0) is 44.9 Å². The molecule has 368 valence electrons. The Kier molecular flexibility index (Phi) is 45.7. The number of ether oxygens (including phenoxy) is 2. The lowest BCUT2D eigenvalue weighted by Gasteiger charge is -2.28. The molecule has 0 aliphatic rings. The van der Waals surface area contributed by atoms with Crippen molar-refractivity contribution < 1.29 is 37.3 Å². The van der Waals surface area contributed by atoms with Crippen LogP contribution in [0, 0.1) is 0 Å². The van der Waals surface area contributed by atoms with Crippen molar-refractivity contribution in [1.82, 2.24) is 0 Å². The number of phosphoric ester groups is 1. The molecule has 0 rings (SSSR count). The monoisotopic (exact) mass is 898 g/mol. The van der Waals surface area contributed by atoms with E-state index in [2.05, 4.69) is 38.2 Å². The van der Waals surface area contributed by atoms with Crippen molar-refractivity contribution in [2.45, 2.75) is 258 Å². The van der Waals surface area contributed by atoms with Crippen LogP contribution < -0.4 is 4.89 Å². The maximum absolute atomic E-state index is 12.7. The average Bonchev–Trinajstić information content (AvgIpc) is 3.23. The summed E-state index contributed by atoms with van der Waals surface area (Å²) in [4.78, 5) is 25.2. The van der Waals surface area contributed by atoms with Gasteiger partial charge in [0.05, 0.1) is 34.4 Å². The topological polar surface area (TPSA) is 94.1 Å². The molecule has 0 heterocycles. The van der Waals surface area contributed by atoms with Crippen molar-refractivity contribution in [2.24, 2.45) is 0 Å². The molecule has 9 heteroatoms. The van der Waals surface area contributed by atoms with E-state index in [0.29, 0.717) is 24.1 Å². The Morgan fingerprint density at radius 3 is 1.32 bits per heavy atom. The van der Waals surface area contributed by atoms with Gasteiger partial charge < -0.3 is 27.9 Å². The number of hydrogen-bond donors (Lipinski definition) is 0. The van der Waals surface area contributed by atoms with Crippen LogP contribution in [0.15, 0.2) is 24.3 Å². The third kappa shape index (κ3) is 50.0. The molecule has 0 saturated heterocycles. The standard InChI is InChI=1S/C53H104NO7P/c1-6-8-10-12-14-16-18-20-22-24-25-26-27-28-29-30-31-33-35-37-39-41-43-45-48-58-50-52(51-60-62(56,57)59-49-47-54(3,4)5)61-53(55)46-44-42-40-38-36-34-32-23-21-19-17-15-13-11-9-7-2/h17,19,23,32,52H,6-16,18,20-22,24-31,33-51H2,1-5H3/b19-17-,32-23-. The highest BCUT2D eigenvalue weighted by atomic mass is 31.2. The number of quaternary nitrogens is 1. The average molecular weight is 898 g/mol. The molecule has 2 atom stereocenters. The maximum atomic E-state index is 12.7. The highest BCUT2D eigenvalue weighted by Crippen LogP contribution is 2.38. The van der Waals surface area contributed by atoms with E-state index in [1.807, 2.05) is 21.1 Å². The molecule has 0 radical (unpaired) electrons. The van der Waals surface area contributed by atoms with Gasteiger partial charge in [0.15, 0.2) is 0 Å². The summed E-state index contributed by atoms with van der Waals surface area (Å²) < 4.78 is 34.7. The molecule has 8 nitrogen and oxygen atoms in total. The van der Waals surface area contributed by atoms with E-state index in [-0.39, 0.29) is 25.8 Å². The number of likely N-dealkylation sites (N-methyl/N-ethyl adjacent to an activating group) is 1. The molecule has 0 aliphatic heterocycles. The summed E-state index contributed by atoms with van der Waals surface area (Å²) >= 11 is 0. The summed E-state index contributed by atoms with van der Waals surface area (Å²) in [6.07, 6.45) is 55.0. The van der Waals surface area contributed by atoms with Gasteiger partial charge in [-0.3, -0.25) is 9.36 Å². The van der Waals surface area contributed by atoms with Gasteiger partial charge >= 0.3 is 5.97 Å². The smallest absolute Gasteiger partial charge is 0.306 e. The SMILES string of the molecule is CCCCCC/C=C\C/C=C\CCCCCCCC(=O)OC(COCCCCCCCCCCCCCCCCCCCCCCCCCC)COP(=O)([O-])OCC[N+](C)(C)C.